The monoisotopic (exact) mass is 393 g/mol. The molecule has 24 heavy (non-hydrogen) atoms. The number of amides is 1. The highest BCUT2D eigenvalue weighted by Crippen LogP contribution is 2.32. The summed E-state index contributed by atoms with van der Waals surface area (Å²) in [5.41, 5.74) is 1.82. The summed E-state index contributed by atoms with van der Waals surface area (Å²) < 4.78 is 5.63. The van der Waals surface area contributed by atoms with Crippen molar-refractivity contribution in [1.29, 1.82) is 0 Å². The first-order valence-electron chi connectivity index (χ1n) is 6.64. The van der Waals surface area contributed by atoms with Crippen molar-refractivity contribution in [2.45, 2.75) is 0 Å². The lowest BCUT2D eigenvalue weighted by atomic mass is 10.2. The second-order valence-corrected chi connectivity index (χ2v) is 5.43. The zero-order chi connectivity index (χ0) is 17.5. The lowest BCUT2D eigenvalue weighted by Gasteiger charge is -2.04. The van der Waals surface area contributed by atoms with Gasteiger partial charge in [-0.1, -0.05) is 34.1 Å². The first kappa shape index (κ1) is 17.4. The predicted octanol–water partition coefficient (Wildman–Crippen LogP) is 2.59. The van der Waals surface area contributed by atoms with Crippen LogP contribution in [0.3, 0.4) is 0 Å². The average Bonchev–Trinajstić information content (AvgIpc) is 2.56. The molecule has 124 valence electrons. The summed E-state index contributed by atoms with van der Waals surface area (Å²) >= 11 is 3.10. The maximum atomic E-state index is 11.6. The van der Waals surface area contributed by atoms with E-state index >= 15 is 0 Å². The fraction of sp³-hybridized carbons (Fsp3) is 0.0667. The lowest BCUT2D eigenvalue weighted by Crippen LogP contribution is -2.24. The van der Waals surface area contributed by atoms with Crippen molar-refractivity contribution in [1.82, 2.24) is 5.43 Å². The second-order valence-electron chi connectivity index (χ2n) is 4.51. The summed E-state index contributed by atoms with van der Waals surface area (Å²) in [5.74, 6) is -0.516. The molecule has 0 saturated heterocycles. The third-order valence-electron chi connectivity index (χ3n) is 2.79. The molecule has 0 aromatic heterocycles. The van der Waals surface area contributed by atoms with Gasteiger partial charge in [0.2, 0.25) is 5.75 Å². The van der Waals surface area contributed by atoms with Crippen LogP contribution in [0.1, 0.15) is 5.56 Å². The number of rotatable bonds is 6. The summed E-state index contributed by atoms with van der Waals surface area (Å²) in [6.45, 7) is -0.244. The van der Waals surface area contributed by atoms with Gasteiger partial charge in [-0.2, -0.15) is 5.10 Å². The van der Waals surface area contributed by atoms with E-state index in [2.05, 4.69) is 26.5 Å². The van der Waals surface area contributed by atoms with E-state index in [0.29, 0.717) is 10.2 Å². The van der Waals surface area contributed by atoms with Gasteiger partial charge in [0.05, 0.1) is 11.1 Å². The van der Waals surface area contributed by atoms with Crippen LogP contribution in [0.5, 0.6) is 11.5 Å². The number of aromatic hydroxyl groups is 1. The molecule has 2 rings (SSSR count). The van der Waals surface area contributed by atoms with Gasteiger partial charge in [-0.05, 0) is 18.2 Å². The number of halogens is 1. The quantitative estimate of drug-likeness (QED) is 0.444. The molecule has 1 amide bonds. The molecule has 2 aromatic carbocycles. The zero-order valence-corrected chi connectivity index (χ0v) is 13.8. The van der Waals surface area contributed by atoms with E-state index in [1.54, 1.807) is 24.3 Å². The number of carbonyl (C=O) groups is 1. The van der Waals surface area contributed by atoms with Crippen molar-refractivity contribution < 1.29 is 19.6 Å². The van der Waals surface area contributed by atoms with E-state index in [-0.39, 0.29) is 12.2 Å². The Morgan fingerprint density at radius 2 is 2.08 bits per heavy atom. The molecule has 0 saturated carbocycles. The number of nitrogens with one attached hydrogen (secondary N) is 1. The Hall–Kier alpha value is -2.94. The maximum absolute atomic E-state index is 11.6. The van der Waals surface area contributed by atoms with Gasteiger partial charge in [0.15, 0.2) is 6.61 Å². The average molecular weight is 394 g/mol. The molecule has 0 spiro atoms. The van der Waals surface area contributed by atoms with Crippen molar-refractivity contribution >= 4 is 33.7 Å². The number of phenols is 1. The molecule has 8 nitrogen and oxygen atoms in total. The van der Waals surface area contributed by atoms with Crippen LogP contribution in [-0.4, -0.2) is 28.8 Å². The van der Waals surface area contributed by atoms with Gasteiger partial charge in [-0.15, -0.1) is 0 Å². The second kappa shape index (κ2) is 8.06. The van der Waals surface area contributed by atoms with Crippen molar-refractivity contribution in [2.75, 3.05) is 6.61 Å². The molecule has 0 atom stereocenters. The SMILES string of the molecule is O=C(COc1ccccc1)NN=Cc1cc(Br)cc([N+](=O)[O-])c1O. The molecule has 9 heteroatoms. The number of hydrogen-bond donors (Lipinski definition) is 2. The van der Waals surface area contributed by atoms with Gasteiger partial charge in [0.1, 0.15) is 5.75 Å². The molecule has 2 N–H and O–H groups in total. The Morgan fingerprint density at radius 1 is 1.38 bits per heavy atom. The molecule has 0 aliphatic rings. The molecular formula is C15H12BrN3O5. The van der Waals surface area contributed by atoms with Gasteiger partial charge >= 0.3 is 5.69 Å². The number of hydrazone groups is 1. The topological polar surface area (TPSA) is 114 Å². The fourth-order valence-corrected chi connectivity index (χ4v) is 2.18. The number of para-hydroxylation sites is 1. The number of hydrogen-bond acceptors (Lipinski definition) is 6. The zero-order valence-electron chi connectivity index (χ0n) is 12.2. The molecule has 2 aromatic rings. The first-order chi connectivity index (χ1) is 11.5. The Bertz CT molecular complexity index is 780. The van der Waals surface area contributed by atoms with E-state index in [9.17, 15) is 20.0 Å². The highest BCUT2D eigenvalue weighted by molar-refractivity contribution is 9.10. The number of nitrogens with zero attached hydrogens (tertiary/aromatic N) is 2. The summed E-state index contributed by atoms with van der Waals surface area (Å²) in [7, 11) is 0. The van der Waals surface area contributed by atoms with E-state index < -0.39 is 22.3 Å². The number of nitro benzene ring substituents is 1. The smallest absolute Gasteiger partial charge is 0.312 e. The molecule has 0 bridgehead atoms. The highest BCUT2D eigenvalue weighted by atomic mass is 79.9. The van der Waals surface area contributed by atoms with Gasteiger partial charge in [0, 0.05) is 16.1 Å². The standard InChI is InChI=1S/C15H12BrN3O5/c16-11-6-10(15(21)13(7-11)19(22)23)8-17-18-14(20)9-24-12-4-2-1-3-5-12/h1-8,21H,9H2,(H,18,20). The predicted molar refractivity (Wildman–Crippen MR) is 90.1 cm³/mol. The summed E-state index contributed by atoms with van der Waals surface area (Å²) in [6.07, 6.45) is 1.10. The molecule has 0 radical (unpaired) electrons. The number of phenolic OH excluding ortho intramolecular Hbond substituents is 1. The minimum atomic E-state index is -0.719. The van der Waals surface area contributed by atoms with E-state index in [0.717, 1.165) is 6.21 Å². The molecule has 0 unspecified atom stereocenters. The molecule has 0 fully saturated rings. The van der Waals surface area contributed by atoms with Crippen LogP contribution in [0.4, 0.5) is 5.69 Å². The Balaban J connectivity index is 1.96. The fourth-order valence-electron chi connectivity index (χ4n) is 1.71. The molecular weight excluding hydrogens is 382 g/mol. The Kier molecular flexibility index (Phi) is 5.85. The van der Waals surface area contributed by atoms with Crippen LogP contribution in [0.25, 0.3) is 0 Å². The van der Waals surface area contributed by atoms with Crippen LogP contribution in [-0.2, 0) is 4.79 Å². The van der Waals surface area contributed by atoms with Gasteiger partial charge < -0.3 is 9.84 Å². The minimum Gasteiger partial charge on any atom is -0.502 e. The van der Waals surface area contributed by atoms with Gasteiger partial charge in [0.25, 0.3) is 5.91 Å². The number of benzene rings is 2. The summed E-state index contributed by atoms with van der Waals surface area (Å²) in [4.78, 5) is 21.7. The first-order valence-corrected chi connectivity index (χ1v) is 7.43. The highest BCUT2D eigenvalue weighted by Gasteiger charge is 2.17. The van der Waals surface area contributed by atoms with Crippen LogP contribution < -0.4 is 10.2 Å². The summed E-state index contributed by atoms with van der Waals surface area (Å²) in [6, 6.07) is 11.4. The maximum Gasteiger partial charge on any atom is 0.312 e. The van der Waals surface area contributed by atoms with E-state index in [1.807, 2.05) is 6.07 Å². The van der Waals surface area contributed by atoms with Crippen LogP contribution in [0.2, 0.25) is 0 Å². The van der Waals surface area contributed by atoms with Crippen molar-refractivity contribution in [2.24, 2.45) is 5.10 Å². The Morgan fingerprint density at radius 3 is 2.75 bits per heavy atom. The number of nitro groups is 1. The van der Waals surface area contributed by atoms with Crippen LogP contribution >= 0.6 is 15.9 Å². The van der Waals surface area contributed by atoms with Gasteiger partial charge in [-0.25, -0.2) is 5.43 Å². The third kappa shape index (κ3) is 4.78. The van der Waals surface area contributed by atoms with E-state index in [1.165, 1.54) is 12.1 Å². The van der Waals surface area contributed by atoms with Crippen molar-refractivity contribution in [3.05, 3.63) is 62.6 Å². The van der Waals surface area contributed by atoms with Gasteiger partial charge in [-0.3, -0.25) is 14.9 Å². The molecule has 0 heterocycles. The molecule has 0 aliphatic carbocycles. The normalized spacial score (nSPS) is 10.5. The van der Waals surface area contributed by atoms with Crippen molar-refractivity contribution in [3.8, 4) is 11.5 Å². The molecule has 0 aliphatic heterocycles. The largest absolute Gasteiger partial charge is 0.502 e. The lowest BCUT2D eigenvalue weighted by molar-refractivity contribution is -0.385. The van der Waals surface area contributed by atoms with Crippen LogP contribution in [0, 0.1) is 10.1 Å². The third-order valence-corrected chi connectivity index (χ3v) is 3.24. The Labute approximate surface area is 145 Å². The minimum absolute atomic E-state index is 0.0837. The number of ether oxygens (including phenoxy) is 1. The van der Waals surface area contributed by atoms with E-state index in [4.69, 9.17) is 4.74 Å². The summed E-state index contributed by atoms with van der Waals surface area (Å²) in [5, 5.41) is 24.3. The number of carbonyl (C=O) groups excluding carboxylic acids is 1. The van der Waals surface area contributed by atoms with Crippen LogP contribution in [0.15, 0.2) is 52.0 Å². The van der Waals surface area contributed by atoms with Crippen molar-refractivity contribution in [3.63, 3.8) is 0 Å².